The van der Waals surface area contributed by atoms with Crippen LogP contribution in [0.2, 0.25) is 0 Å². The molecule has 0 aliphatic carbocycles. The molecule has 1 aliphatic heterocycles. The number of Topliss-reactive ketones (excluding diaryl/α,β-unsaturated/α-hetero) is 1. The number of carbonyl (C=O) groups excluding carboxylic acids is 2. The number of ketones is 1. The number of fused-ring (bicyclic) bond motifs is 1. The van der Waals surface area contributed by atoms with Gasteiger partial charge in [-0.25, -0.2) is 0 Å². The van der Waals surface area contributed by atoms with Crippen LogP contribution in [0.25, 0.3) is 0 Å². The van der Waals surface area contributed by atoms with E-state index >= 15 is 0 Å². The second kappa shape index (κ2) is 5.79. The Labute approximate surface area is 122 Å². The minimum Gasteiger partial charge on any atom is -0.492 e. The Kier molecular flexibility index (Phi) is 3.69. The van der Waals surface area contributed by atoms with E-state index in [9.17, 15) is 9.59 Å². The highest BCUT2D eigenvalue weighted by Gasteiger charge is 2.28. The first-order chi connectivity index (χ1) is 10.3. The molecule has 0 saturated carbocycles. The van der Waals surface area contributed by atoms with Crippen LogP contribution in [0.5, 0.6) is 11.5 Å². The van der Waals surface area contributed by atoms with Gasteiger partial charge in [-0.3, -0.25) is 4.79 Å². The van der Waals surface area contributed by atoms with Gasteiger partial charge >= 0.3 is 0 Å². The zero-order chi connectivity index (χ0) is 14.7. The predicted octanol–water partition coefficient (Wildman–Crippen LogP) is 2.66. The molecule has 0 N–H and O–H groups in total. The Bertz CT molecular complexity index is 664. The lowest BCUT2D eigenvalue weighted by Gasteiger charge is -2.21. The molecule has 1 atom stereocenters. The Hall–Kier alpha value is -2.62. The zero-order valence-corrected chi connectivity index (χ0v) is 11.3. The molecule has 2 aromatic rings. The largest absolute Gasteiger partial charge is 0.492 e. The van der Waals surface area contributed by atoms with Gasteiger partial charge in [0.15, 0.2) is 5.78 Å². The molecule has 4 nitrogen and oxygen atoms in total. The van der Waals surface area contributed by atoms with Crippen molar-refractivity contribution in [3.8, 4) is 11.5 Å². The quantitative estimate of drug-likeness (QED) is 0.639. The fourth-order valence-corrected chi connectivity index (χ4v) is 2.21. The molecular formula is C17H14O4. The number of aldehydes is 1. The van der Waals surface area contributed by atoms with Crippen LogP contribution in [0.1, 0.15) is 15.9 Å². The highest BCUT2D eigenvalue weighted by atomic mass is 16.5. The average molecular weight is 282 g/mol. The van der Waals surface area contributed by atoms with Crippen LogP contribution in [-0.4, -0.2) is 18.7 Å². The summed E-state index contributed by atoms with van der Waals surface area (Å²) < 4.78 is 11.1. The topological polar surface area (TPSA) is 52.6 Å². The molecule has 1 aliphatic rings. The van der Waals surface area contributed by atoms with Gasteiger partial charge in [-0.1, -0.05) is 30.3 Å². The van der Waals surface area contributed by atoms with Crippen LogP contribution in [-0.2, 0) is 11.4 Å². The van der Waals surface area contributed by atoms with E-state index < -0.39 is 5.92 Å². The minimum atomic E-state index is -0.720. The number of hydrogen-bond donors (Lipinski definition) is 0. The Morgan fingerprint density at radius 1 is 1.19 bits per heavy atom. The highest BCUT2D eigenvalue weighted by molar-refractivity contribution is 6.08. The van der Waals surface area contributed by atoms with Gasteiger partial charge in [-0.05, 0) is 23.8 Å². The molecule has 3 rings (SSSR count). The molecule has 0 aromatic heterocycles. The molecular weight excluding hydrogens is 268 g/mol. The van der Waals surface area contributed by atoms with Crippen LogP contribution in [0.15, 0.2) is 48.5 Å². The van der Waals surface area contributed by atoms with Gasteiger partial charge in [-0.2, -0.15) is 0 Å². The second-order valence-electron chi connectivity index (χ2n) is 4.85. The van der Waals surface area contributed by atoms with Crippen molar-refractivity contribution in [3.05, 3.63) is 59.7 Å². The van der Waals surface area contributed by atoms with Gasteiger partial charge in [0.05, 0.1) is 5.56 Å². The Morgan fingerprint density at radius 2 is 2.00 bits per heavy atom. The summed E-state index contributed by atoms with van der Waals surface area (Å²) in [5, 5.41) is 0. The molecule has 106 valence electrons. The summed E-state index contributed by atoms with van der Waals surface area (Å²) in [5.74, 6) is 0.157. The van der Waals surface area contributed by atoms with Gasteiger partial charge in [0.25, 0.3) is 0 Å². The summed E-state index contributed by atoms with van der Waals surface area (Å²) in [7, 11) is 0. The second-order valence-corrected chi connectivity index (χ2v) is 4.85. The Morgan fingerprint density at radius 3 is 2.76 bits per heavy atom. The van der Waals surface area contributed by atoms with Crippen LogP contribution < -0.4 is 9.47 Å². The summed E-state index contributed by atoms with van der Waals surface area (Å²) in [4.78, 5) is 23.0. The fourth-order valence-electron chi connectivity index (χ4n) is 2.21. The molecule has 2 aromatic carbocycles. The SMILES string of the molecule is O=CC1COc2ccc(OCc3ccccc3)cc2C1=O. The van der Waals surface area contributed by atoms with E-state index in [1.165, 1.54) is 0 Å². The third-order valence-corrected chi connectivity index (χ3v) is 3.38. The van der Waals surface area contributed by atoms with E-state index in [-0.39, 0.29) is 12.4 Å². The zero-order valence-electron chi connectivity index (χ0n) is 11.3. The van der Waals surface area contributed by atoms with Crippen LogP contribution >= 0.6 is 0 Å². The van der Waals surface area contributed by atoms with Crippen molar-refractivity contribution in [2.24, 2.45) is 5.92 Å². The van der Waals surface area contributed by atoms with Gasteiger partial charge in [-0.15, -0.1) is 0 Å². The molecule has 0 radical (unpaired) electrons. The van der Waals surface area contributed by atoms with Gasteiger partial charge in [0.2, 0.25) is 0 Å². The van der Waals surface area contributed by atoms with E-state index in [1.54, 1.807) is 18.2 Å². The van der Waals surface area contributed by atoms with Crippen molar-refractivity contribution >= 4 is 12.1 Å². The summed E-state index contributed by atoms with van der Waals surface area (Å²) in [5.41, 5.74) is 1.45. The van der Waals surface area contributed by atoms with E-state index in [4.69, 9.17) is 9.47 Å². The smallest absolute Gasteiger partial charge is 0.180 e. The molecule has 1 unspecified atom stereocenters. The number of carbonyl (C=O) groups is 2. The minimum absolute atomic E-state index is 0.111. The van der Waals surface area contributed by atoms with Gasteiger partial charge in [0.1, 0.15) is 36.9 Å². The third-order valence-electron chi connectivity index (χ3n) is 3.38. The van der Waals surface area contributed by atoms with E-state index in [1.807, 2.05) is 30.3 Å². The summed E-state index contributed by atoms with van der Waals surface area (Å²) in [6, 6.07) is 14.9. The maximum Gasteiger partial charge on any atom is 0.180 e. The van der Waals surface area contributed by atoms with Crippen molar-refractivity contribution in [3.63, 3.8) is 0 Å². The van der Waals surface area contributed by atoms with Crippen molar-refractivity contribution in [2.75, 3.05) is 6.61 Å². The molecule has 21 heavy (non-hydrogen) atoms. The van der Waals surface area contributed by atoms with Crippen molar-refractivity contribution in [1.82, 2.24) is 0 Å². The average Bonchev–Trinajstić information content (AvgIpc) is 2.54. The molecule has 0 amide bonds. The van der Waals surface area contributed by atoms with Crippen molar-refractivity contribution < 1.29 is 19.1 Å². The number of benzene rings is 2. The number of ether oxygens (including phenoxy) is 2. The van der Waals surface area contributed by atoms with Crippen LogP contribution in [0.4, 0.5) is 0 Å². The maximum absolute atomic E-state index is 12.1. The molecule has 1 heterocycles. The maximum atomic E-state index is 12.1. The summed E-state index contributed by atoms with van der Waals surface area (Å²) in [6.45, 7) is 0.533. The van der Waals surface area contributed by atoms with Crippen LogP contribution in [0, 0.1) is 5.92 Å². The number of rotatable bonds is 4. The Balaban J connectivity index is 1.78. The molecule has 4 heteroatoms. The lowest BCUT2D eigenvalue weighted by Crippen LogP contribution is -2.28. The lowest BCUT2D eigenvalue weighted by atomic mass is 9.96. The normalized spacial score (nSPS) is 16.8. The summed E-state index contributed by atoms with van der Waals surface area (Å²) >= 11 is 0. The molecule has 0 bridgehead atoms. The predicted molar refractivity (Wildman–Crippen MR) is 76.6 cm³/mol. The van der Waals surface area contributed by atoms with E-state index in [0.29, 0.717) is 30.0 Å². The van der Waals surface area contributed by atoms with Gasteiger partial charge in [0, 0.05) is 0 Å². The van der Waals surface area contributed by atoms with Crippen LogP contribution in [0.3, 0.4) is 0 Å². The molecule has 0 fully saturated rings. The van der Waals surface area contributed by atoms with E-state index in [0.717, 1.165) is 5.56 Å². The van der Waals surface area contributed by atoms with Crippen molar-refractivity contribution in [1.29, 1.82) is 0 Å². The van der Waals surface area contributed by atoms with E-state index in [2.05, 4.69) is 0 Å². The lowest BCUT2D eigenvalue weighted by molar-refractivity contribution is -0.110. The van der Waals surface area contributed by atoms with Crippen molar-refractivity contribution in [2.45, 2.75) is 6.61 Å². The first-order valence-corrected chi connectivity index (χ1v) is 6.71. The third kappa shape index (κ3) is 2.79. The molecule has 0 spiro atoms. The fraction of sp³-hybridized carbons (Fsp3) is 0.176. The molecule has 0 saturated heterocycles. The van der Waals surface area contributed by atoms with Gasteiger partial charge < -0.3 is 14.3 Å². The first-order valence-electron chi connectivity index (χ1n) is 6.71. The number of hydrogen-bond acceptors (Lipinski definition) is 4. The first kappa shape index (κ1) is 13.4. The standard InChI is InChI=1S/C17H14O4/c18-9-13-11-21-16-7-6-14(8-15(16)17(13)19)20-10-12-4-2-1-3-5-12/h1-9,13H,10-11H2. The highest BCUT2D eigenvalue weighted by Crippen LogP contribution is 2.30. The monoisotopic (exact) mass is 282 g/mol. The summed E-state index contributed by atoms with van der Waals surface area (Å²) in [6.07, 6.45) is 0.628.